The van der Waals surface area contributed by atoms with Crippen LogP contribution < -0.4 is 4.74 Å². The minimum atomic E-state index is -0.621. The molecule has 2 aromatic rings. The Balaban J connectivity index is 1.92. The van der Waals surface area contributed by atoms with Crippen molar-refractivity contribution >= 4 is 11.8 Å². The van der Waals surface area contributed by atoms with Gasteiger partial charge in [0.05, 0.1) is 6.61 Å². The van der Waals surface area contributed by atoms with Gasteiger partial charge in [-0.3, -0.25) is 4.79 Å². The van der Waals surface area contributed by atoms with E-state index in [2.05, 4.69) is 0 Å². The number of hydrogen-bond donors (Lipinski definition) is 0. The second-order valence-corrected chi connectivity index (χ2v) is 6.13. The van der Waals surface area contributed by atoms with Crippen LogP contribution in [0.2, 0.25) is 0 Å². The maximum Gasteiger partial charge on any atom is 0.335 e. The van der Waals surface area contributed by atoms with Crippen molar-refractivity contribution in [2.45, 2.75) is 33.3 Å². The van der Waals surface area contributed by atoms with Gasteiger partial charge >= 0.3 is 5.97 Å². The first-order valence-electron chi connectivity index (χ1n) is 9.13. The third-order valence-corrected chi connectivity index (χ3v) is 3.97. The number of ketones is 1. The van der Waals surface area contributed by atoms with Crippen molar-refractivity contribution in [2.75, 3.05) is 19.8 Å². The lowest BCUT2D eigenvalue weighted by Gasteiger charge is -2.15. The Morgan fingerprint density at radius 2 is 1.74 bits per heavy atom. The third-order valence-electron chi connectivity index (χ3n) is 3.97. The standard InChI is InChI=1S/C22H26O5/c1-4-25-21(22(24)26-5-2)14-17-9-11-19(12-10-17)27-15-20(23)18-8-6-7-16(3)13-18/h6-13,21H,4-5,14-15H2,1-3H3. The van der Waals surface area contributed by atoms with Crippen LogP contribution in [0.25, 0.3) is 0 Å². The van der Waals surface area contributed by atoms with Crippen LogP contribution in [0, 0.1) is 6.92 Å². The second-order valence-electron chi connectivity index (χ2n) is 6.13. The molecule has 0 N–H and O–H groups in total. The minimum absolute atomic E-state index is 0.0206. The zero-order chi connectivity index (χ0) is 19.6. The molecule has 0 aliphatic heterocycles. The number of rotatable bonds is 10. The Kier molecular flexibility index (Phi) is 8.01. The van der Waals surface area contributed by atoms with Crippen molar-refractivity contribution in [2.24, 2.45) is 0 Å². The molecule has 27 heavy (non-hydrogen) atoms. The van der Waals surface area contributed by atoms with Crippen LogP contribution in [-0.2, 0) is 20.7 Å². The van der Waals surface area contributed by atoms with Gasteiger partial charge in [-0.25, -0.2) is 4.79 Å². The molecule has 5 nitrogen and oxygen atoms in total. The van der Waals surface area contributed by atoms with Gasteiger partial charge in [0, 0.05) is 18.6 Å². The molecule has 0 saturated heterocycles. The summed E-state index contributed by atoms with van der Waals surface area (Å²) in [6.07, 6.45) is -0.195. The molecular weight excluding hydrogens is 344 g/mol. The van der Waals surface area contributed by atoms with Crippen molar-refractivity contribution < 1.29 is 23.8 Å². The fraction of sp³-hybridized carbons (Fsp3) is 0.364. The minimum Gasteiger partial charge on any atom is -0.485 e. The van der Waals surface area contributed by atoms with E-state index in [1.54, 1.807) is 25.1 Å². The van der Waals surface area contributed by atoms with Crippen LogP contribution in [0.5, 0.6) is 5.75 Å². The number of esters is 1. The molecule has 5 heteroatoms. The normalized spacial score (nSPS) is 11.7. The van der Waals surface area contributed by atoms with Crippen molar-refractivity contribution in [3.8, 4) is 5.75 Å². The molecule has 2 rings (SSSR count). The lowest BCUT2D eigenvalue weighted by Crippen LogP contribution is -2.28. The van der Waals surface area contributed by atoms with Crippen LogP contribution in [0.3, 0.4) is 0 Å². The van der Waals surface area contributed by atoms with Crippen LogP contribution in [-0.4, -0.2) is 37.7 Å². The van der Waals surface area contributed by atoms with E-state index in [0.717, 1.165) is 11.1 Å². The molecule has 0 radical (unpaired) electrons. The lowest BCUT2D eigenvalue weighted by atomic mass is 10.1. The summed E-state index contributed by atoms with van der Waals surface area (Å²) < 4.78 is 16.1. The Morgan fingerprint density at radius 3 is 2.37 bits per heavy atom. The highest BCUT2D eigenvalue weighted by molar-refractivity contribution is 5.97. The molecule has 0 heterocycles. The summed E-state index contributed by atoms with van der Waals surface area (Å²) in [5.41, 5.74) is 2.61. The van der Waals surface area contributed by atoms with E-state index in [4.69, 9.17) is 14.2 Å². The Bertz CT molecular complexity index is 752. The highest BCUT2D eigenvalue weighted by atomic mass is 16.6. The number of benzene rings is 2. The van der Waals surface area contributed by atoms with Gasteiger partial charge in [-0.1, -0.05) is 35.9 Å². The smallest absolute Gasteiger partial charge is 0.335 e. The molecule has 0 aromatic heterocycles. The SMILES string of the molecule is CCOC(=O)C(Cc1ccc(OCC(=O)c2cccc(C)c2)cc1)OCC. The van der Waals surface area contributed by atoms with Gasteiger partial charge < -0.3 is 14.2 Å². The maximum atomic E-state index is 12.2. The maximum absolute atomic E-state index is 12.2. The quantitative estimate of drug-likeness (QED) is 0.471. The summed E-state index contributed by atoms with van der Waals surface area (Å²) in [7, 11) is 0. The Morgan fingerprint density at radius 1 is 1.00 bits per heavy atom. The van der Waals surface area contributed by atoms with E-state index in [9.17, 15) is 9.59 Å². The number of hydrogen-bond acceptors (Lipinski definition) is 5. The number of carbonyl (C=O) groups is 2. The third kappa shape index (κ3) is 6.53. The van der Waals surface area contributed by atoms with E-state index in [0.29, 0.717) is 30.9 Å². The summed E-state index contributed by atoms with van der Waals surface area (Å²) in [6, 6.07) is 14.7. The van der Waals surface area contributed by atoms with Gasteiger partial charge in [-0.05, 0) is 44.5 Å². The molecule has 0 bridgehead atoms. The first-order valence-corrected chi connectivity index (χ1v) is 9.13. The van der Waals surface area contributed by atoms with Gasteiger partial charge in [-0.15, -0.1) is 0 Å². The monoisotopic (exact) mass is 370 g/mol. The largest absolute Gasteiger partial charge is 0.485 e. The van der Waals surface area contributed by atoms with E-state index < -0.39 is 6.10 Å². The first-order chi connectivity index (χ1) is 13.0. The van der Waals surface area contributed by atoms with Crippen LogP contribution in [0.1, 0.15) is 35.3 Å². The Hall–Kier alpha value is -2.66. The summed E-state index contributed by atoms with van der Waals surface area (Å²) in [4.78, 5) is 24.1. The first kappa shape index (κ1) is 20.6. The molecule has 0 aliphatic rings. The second kappa shape index (κ2) is 10.5. The number of Topliss-reactive ketones (excluding diaryl/α,β-unsaturated/α-hetero) is 1. The summed E-state index contributed by atoms with van der Waals surface area (Å²) in [5.74, 6) is 0.175. The van der Waals surface area contributed by atoms with Crippen LogP contribution in [0.15, 0.2) is 48.5 Å². The van der Waals surface area contributed by atoms with Crippen molar-refractivity contribution in [1.29, 1.82) is 0 Å². The highest BCUT2D eigenvalue weighted by Gasteiger charge is 2.20. The highest BCUT2D eigenvalue weighted by Crippen LogP contribution is 2.16. The zero-order valence-electron chi connectivity index (χ0n) is 16.1. The summed E-state index contributed by atoms with van der Waals surface area (Å²) in [6.45, 7) is 6.30. The van der Waals surface area contributed by atoms with E-state index in [1.165, 1.54) is 0 Å². The molecule has 0 saturated carbocycles. The molecule has 2 aromatic carbocycles. The van der Waals surface area contributed by atoms with E-state index in [1.807, 2.05) is 44.2 Å². The summed E-state index contributed by atoms with van der Waals surface area (Å²) >= 11 is 0. The zero-order valence-corrected chi connectivity index (χ0v) is 16.1. The number of ether oxygens (including phenoxy) is 3. The molecule has 0 amide bonds. The molecular formula is C22H26O5. The molecule has 1 atom stereocenters. The van der Waals surface area contributed by atoms with E-state index >= 15 is 0 Å². The predicted molar refractivity (Wildman–Crippen MR) is 103 cm³/mol. The lowest BCUT2D eigenvalue weighted by molar-refractivity contribution is -0.156. The van der Waals surface area contributed by atoms with Crippen molar-refractivity contribution in [3.63, 3.8) is 0 Å². The molecule has 0 fully saturated rings. The fourth-order valence-corrected chi connectivity index (χ4v) is 2.63. The average Bonchev–Trinajstić information content (AvgIpc) is 2.67. The van der Waals surface area contributed by atoms with Gasteiger partial charge in [0.2, 0.25) is 0 Å². The topological polar surface area (TPSA) is 61.8 Å². The van der Waals surface area contributed by atoms with Crippen LogP contribution in [0.4, 0.5) is 0 Å². The molecule has 0 aliphatic carbocycles. The van der Waals surface area contributed by atoms with Gasteiger partial charge in [0.15, 0.2) is 18.5 Å². The van der Waals surface area contributed by atoms with E-state index in [-0.39, 0.29) is 18.4 Å². The number of carbonyl (C=O) groups excluding carboxylic acids is 2. The molecule has 144 valence electrons. The molecule has 0 spiro atoms. The predicted octanol–water partition coefficient (Wildman–Crippen LogP) is 3.77. The van der Waals surface area contributed by atoms with Crippen LogP contribution >= 0.6 is 0 Å². The van der Waals surface area contributed by atoms with Gasteiger partial charge in [0.1, 0.15) is 5.75 Å². The van der Waals surface area contributed by atoms with Gasteiger partial charge in [0.25, 0.3) is 0 Å². The average molecular weight is 370 g/mol. The Labute approximate surface area is 160 Å². The summed E-state index contributed by atoms with van der Waals surface area (Å²) in [5, 5.41) is 0. The van der Waals surface area contributed by atoms with Gasteiger partial charge in [-0.2, -0.15) is 0 Å². The molecule has 1 unspecified atom stereocenters. The van der Waals surface area contributed by atoms with Crippen molar-refractivity contribution in [3.05, 3.63) is 65.2 Å². The van der Waals surface area contributed by atoms with Crippen molar-refractivity contribution in [1.82, 2.24) is 0 Å². The fourth-order valence-electron chi connectivity index (χ4n) is 2.63. The number of aryl methyl sites for hydroxylation is 1.